The zero-order chi connectivity index (χ0) is 17.9. The molecule has 0 radical (unpaired) electrons. The summed E-state index contributed by atoms with van der Waals surface area (Å²) in [5, 5.41) is 13.6. The van der Waals surface area contributed by atoms with Crippen LogP contribution in [0.4, 0.5) is 11.6 Å². The molecule has 0 aliphatic carbocycles. The number of pyridine rings is 1. The van der Waals surface area contributed by atoms with Crippen LogP contribution in [0, 0.1) is 11.3 Å². The van der Waals surface area contributed by atoms with Gasteiger partial charge in [-0.3, -0.25) is 0 Å². The summed E-state index contributed by atoms with van der Waals surface area (Å²) in [6, 6.07) is 8.47. The van der Waals surface area contributed by atoms with Crippen LogP contribution in [-0.4, -0.2) is 34.1 Å². The number of fused-ring (bicyclic) bond motifs is 1. The molecule has 0 spiro atoms. The maximum atomic E-state index is 8.88. The van der Waals surface area contributed by atoms with Crippen LogP contribution >= 0.6 is 11.3 Å². The van der Waals surface area contributed by atoms with Gasteiger partial charge in [-0.25, -0.2) is 15.0 Å². The molecule has 4 rings (SSSR count). The van der Waals surface area contributed by atoms with E-state index in [1.54, 1.807) is 23.9 Å². The number of aryl methyl sites for hydroxylation is 1. The van der Waals surface area contributed by atoms with E-state index in [1.807, 2.05) is 12.1 Å². The summed E-state index contributed by atoms with van der Waals surface area (Å²) in [4.78, 5) is 17.9. The molecule has 1 fully saturated rings. The topological polar surface area (TPSA) is 77.7 Å². The lowest BCUT2D eigenvalue weighted by Crippen LogP contribution is -2.39. The number of nitriles is 1. The molecule has 0 bridgehead atoms. The fourth-order valence-electron chi connectivity index (χ4n) is 3.28. The standard InChI is InChI=1S/C19H20N6S/c1-2-15-9-16-18(22-12-23-19(16)26-15)24-14-5-7-25(8-6-14)17-4-3-13(10-20)11-21-17/h3-4,9,11-12,14H,2,5-8H2,1H3,(H,22,23,24). The lowest BCUT2D eigenvalue weighted by atomic mass is 10.0. The fraction of sp³-hybridized carbons (Fsp3) is 0.368. The molecular weight excluding hydrogens is 344 g/mol. The SMILES string of the molecule is CCc1cc2c(NC3CCN(c4ccc(C#N)cn4)CC3)ncnc2s1. The number of hydrogen-bond acceptors (Lipinski definition) is 7. The minimum atomic E-state index is 0.396. The van der Waals surface area contributed by atoms with Gasteiger partial charge in [-0.15, -0.1) is 11.3 Å². The third-order valence-corrected chi connectivity index (χ3v) is 5.95. The van der Waals surface area contributed by atoms with Crippen molar-refractivity contribution in [3.8, 4) is 6.07 Å². The van der Waals surface area contributed by atoms with Crippen LogP contribution in [-0.2, 0) is 6.42 Å². The van der Waals surface area contributed by atoms with Crippen molar-refractivity contribution in [2.45, 2.75) is 32.2 Å². The van der Waals surface area contributed by atoms with Gasteiger partial charge in [0.15, 0.2) is 0 Å². The summed E-state index contributed by atoms with van der Waals surface area (Å²) in [5.41, 5.74) is 0.597. The maximum Gasteiger partial charge on any atom is 0.138 e. The van der Waals surface area contributed by atoms with E-state index >= 15 is 0 Å². The van der Waals surface area contributed by atoms with Crippen molar-refractivity contribution in [1.29, 1.82) is 5.26 Å². The first-order valence-corrected chi connectivity index (χ1v) is 9.69. The maximum absolute atomic E-state index is 8.88. The normalized spacial score (nSPS) is 15.2. The van der Waals surface area contributed by atoms with Crippen molar-refractivity contribution in [2.24, 2.45) is 0 Å². The summed E-state index contributed by atoms with van der Waals surface area (Å²) in [6.45, 7) is 4.04. The predicted molar refractivity (Wildman–Crippen MR) is 105 cm³/mol. The van der Waals surface area contributed by atoms with E-state index < -0.39 is 0 Å². The molecule has 1 N–H and O–H groups in total. The third kappa shape index (κ3) is 3.33. The highest BCUT2D eigenvalue weighted by molar-refractivity contribution is 7.18. The number of anilines is 2. The Hall–Kier alpha value is -2.72. The lowest BCUT2D eigenvalue weighted by Gasteiger charge is -2.33. The number of nitrogens with one attached hydrogen (secondary N) is 1. The molecule has 3 aromatic heterocycles. The van der Waals surface area contributed by atoms with Crippen LogP contribution in [0.25, 0.3) is 10.2 Å². The van der Waals surface area contributed by atoms with E-state index in [9.17, 15) is 0 Å². The summed E-state index contributed by atoms with van der Waals surface area (Å²) in [6.07, 6.45) is 6.36. The van der Waals surface area contributed by atoms with E-state index in [2.05, 4.69) is 44.2 Å². The lowest BCUT2D eigenvalue weighted by molar-refractivity contribution is 0.523. The summed E-state index contributed by atoms with van der Waals surface area (Å²) >= 11 is 1.74. The Kier molecular flexibility index (Phi) is 4.67. The van der Waals surface area contributed by atoms with Crippen molar-refractivity contribution in [3.05, 3.63) is 41.2 Å². The number of rotatable bonds is 4. The van der Waals surface area contributed by atoms with Gasteiger partial charge in [0.2, 0.25) is 0 Å². The molecule has 0 atom stereocenters. The molecule has 3 aromatic rings. The summed E-state index contributed by atoms with van der Waals surface area (Å²) in [7, 11) is 0. The Balaban J connectivity index is 1.42. The average molecular weight is 364 g/mol. The molecule has 6 nitrogen and oxygen atoms in total. The van der Waals surface area contributed by atoms with Gasteiger partial charge in [0.1, 0.15) is 28.9 Å². The minimum Gasteiger partial charge on any atom is -0.367 e. The molecule has 0 amide bonds. The van der Waals surface area contributed by atoms with E-state index in [0.717, 1.165) is 54.2 Å². The quantitative estimate of drug-likeness (QED) is 0.762. The number of hydrogen-bond donors (Lipinski definition) is 1. The fourth-order valence-corrected chi connectivity index (χ4v) is 4.22. The Bertz CT molecular complexity index is 935. The van der Waals surface area contributed by atoms with E-state index in [-0.39, 0.29) is 0 Å². The minimum absolute atomic E-state index is 0.396. The highest BCUT2D eigenvalue weighted by atomic mass is 32.1. The Morgan fingerprint density at radius 2 is 2.12 bits per heavy atom. The van der Waals surface area contributed by atoms with Crippen LogP contribution in [0.15, 0.2) is 30.7 Å². The first kappa shape index (κ1) is 16.7. The molecule has 1 aliphatic rings. The van der Waals surface area contributed by atoms with E-state index in [4.69, 9.17) is 5.26 Å². The van der Waals surface area contributed by atoms with Gasteiger partial charge in [0, 0.05) is 30.2 Å². The molecule has 4 heterocycles. The van der Waals surface area contributed by atoms with Gasteiger partial charge >= 0.3 is 0 Å². The average Bonchev–Trinajstić information content (AvgIpc) is 3.13. The van der Waals surface area contributed by atoms with Gasteiger partial charge in [-0.1, -0.05) is 6.92 Å². The molecule has 0 unspecified atom stereocenters. The summed E-state index contributed by atoms with van der Waals surface area (Å²) < 4.78 is 0. The third-order valence-electron chi connectivity index (χ3n) is 4.77. The smallest absolute Gasteiger partial charge is 0.138 e. The van der Waals surface area contributed by atoms with Gasteiger partial charge < -0.3 is 10.2 Å². The highest BCUT2D eigenvalue weighted by Crippen LogP contribution is 2.30. The molecular formula is C19H20N6S. The van der Waals surface area contributed by atoms with Gasteiger partial charge in [-0.2, -0.15) is 5.26 Å². The number of thiophene rings is 1. The van der Waals surface area contributed by atoms with E-state index in [0.29, 0.717) is 11.6 Å². The van der Waals surface area contributed by atoms with E-state index in [1.165, 1.54) is 4.88 Å². The second-order valence-electron chi connectivity index (χ2n) is 6.43. The molecule has 1 saturated heterocycles. The molecule has 7 heteroatoms. The second kappa shape index (κ2) is 7.26. The van der Waals surface area contributed by atoms with Crippen molar-refractivity contribution in [2.75, 3.05) is 23.3 Å². The second-order valence-corrected chi connectivity index (χ2v) is 7.55. The molecule has 26 heavy (non-hydrogen) atoms. The van der Waals surface area contributed by atoms with Gasteiger partial charge in [0.05, 0.1) is 10.9 Å². The van der Waals surface area contributed by atoms with Crippen molar-refractivity contribution in [3.63, 3.8) is 0 Å². The molecule has 1 aliphatic heterocycles. The van der Waals surface area contributed by atoms with Crippen molar-refractivity contribution in [1.82, 2.24) is 15.0 Å². The van der Waals surface area contributed by atoms with Crippen LogP contribution < -0.4 is 10.2 Å². The van der Waals surface area contributed by atoms with Gasteiger partial charge in [0.25, 0.3) is 0 Å². The highest BCUT2D eigenvalue weighted by Gasteiger charge is 2.21. The predicted octanol–water partition coefficient (Wildman–Crippen LogP) is 3.60. The Labute approximate surface area is 156 Å². The monoisotopic (exact) mass is 364 g/mol. The van der Waals surface area contributed by atoms with Gasteiger partial charge in [-0.05, 0) is 37.5 Å². The Morgan fingerprint density at radius 3 is 2.81 bits per heavy atom. The van der Waals surface area contributed by atoms with Crippen molar-refractivity contribution >= 4 is 33.2 Å². The number of nitrogens with zero attached hydrogens (tertiary/aromatic N) is 5. The van der Waals surface area contributed by atoms with Crippen LogP contribution in [0.3, 0.4) is 0 Å². The first-order valence-electron chi connectivity index (χ1n) is 8.88. The summed E-state index contributed by atoms with van der Waals surface area (Å²) in [5.74, 6) is 1.89. The zero-order valence-electron chi connectivity index (χ0n) is 14.6. The molecule has 132 valence electrons. The zero-order valence-corrected chi connectivity index (χ0v) is 15.5. The molecule has 0 aromatic carbocycles. The first-order chi connectivity index (χ1) is 12.8. The number of aromatic nitrogens is 3. The van der Waals surface area contributed by atoms with Crippen LogP contribution in [0.1, 0.15) is 30.2 Å². The van der Waals surface area contributed by atoms with Crippen LogP contribution in [0.5, 0.6) is 0 Å². The molecule has 0 saturated carbocycles. The largest absolute Gasteiger partial charge is 0.367 e. The van der Waals surface area contributed by atoms with Crippen LogP contribution in [0.2, 0.25) is 0 Å². The Morgan fingerprint density at radius 1 is 1.27 bits per heavy atom. The van der Waals surface area contributed by atoms with Crippen molar-refractivity contribution < 1.29 is 0 Å². The number of piperidine rings is 1.